The van der Waals surface area contributed by atoms with Crippen molar-refractivity contribution >= 4 is 5.91 Å². The number of nitrogens with two attached hydrogens (primary N) is 1. The third-order valence-electron chi connectivity index (χ3n) is 3.50. The Bertz CT molecular complexity index is 257. The summed E-state index contributed by atoms with van der Waals surface area (Å²) in [5.41, 5.74) is 5.87. The maximum absolute atomic E-state index is 12.6. The molecule has 0 aliphatic heterocycles. The lowest BCUT2D eigenvalue weighted by Gasteiger charge is -2.34. The van der Waals surface area contributed by atoms with E-state index >= 15 is 0 Å². The minimum atomic E-state index is -0.146. The SMILES string of the molecule is CCC(CC)N(CCO)C(=O)C(CN)CC(C)(C)C. The van der Waals surface area contributed by atoms with Gasteiger partial charge in [-0.15, -0.1) is 0 Å². The van der Waals surface area contributed by atoms with Crippen LogP contribution in [0.1, 0.15) is 53.9 Å². The van der Waals surface area contributed by atoms with Gasteiger partial charge in [0, 0.05) is 19.1 Å². The Hall–Kier alpha value is -0.610. The van der Waals surface area contributed by atoms with Crippen molar-refractivity contribution in [3.05, 3.63) is 0 Å². The highest BCUT2D eigenvalue weighted by Gasteiger charge is 2.30. The van der Waals surface area contributed by atoms with Crippen molar-refractivity contribution in [1.29, 1.82) is 0 Å². The molecule has 0 fully saturated rings. The first-order valence-electron chi connectivity index (χ1n) is 7.42. The van der Waals surface area contributed by atoms with Gasteiger partial charge in [-0.3, -0.25) is 4.79 Å². The predicted octanol–water partition coefficient (Wildman–Crippen LogP) is 2.01. The van der Waals surface area contributed by atoms with Crippen molar-refractivity contribution in [2.45, 2.75) is 59.9 Å². The van der Waals surface area contributed by atoms with E-state index < -0.39 is 0 Å². The van der Waals surface area contributed by atoms with Gasteiger partial charge in [0.15, 0.2) is 0 Å². The molecule has 0 saturated carbocycles. The molecular formula is C15H32N2O2. The van der Waals surface area contributed by atoms with Crippen LogP contribution in [0.5, 0.6) is 0 Å². The summed E-state index contributed by atoms with van der Waals surface area (Å²) in [6, 6.07) is 0.202. The Morgan fingerprint density at radius 1 is 1.26 bits per heavy atom. The lowest BCUT2D eigenvalue weighted by Crippen LogP contribution is -2.47. The van der Waals surface area contributed by atoms with Crippen LogP contribution in [0.4, 0.5) is 0 Å². The number of carbonyl (C=O) groups is 1. The Morgan fingerprint density at radius 2 is 1.79 bits per heavy atom. The van der Waals surface area contributed by atoms with Gasteiger partial charge < -0.3 is 15.7 Å². The third kappa shape index (κ3) is 6.39. The summed E-state index contributed by atoms with van der Waals surface area (Å²) >= 11 is 0. The van der Waals surface area contributed by atoms with Gasteiger partial charge in [0.05, 0.1) is 12.5 Å². The largest absolute Gasteiger partial charge is 0.395 e. The van der Waals surface area contributed by atoms with Crippen molar-refractivity contribution < 1.29 is 9.90 Å². The normalized spacial score (nSPS) is 13.7. The van der Waals surface area contributed by atoms with E-state index in [-0.39, 0.29) is 29.9 Å². The maximum atomic E-state index is 12.6. The van der Waals surface area contributed by atoms with Crippen LogP contribution in [0.15, 0.2) is 0 Å². The zero-order valence-corrected chi connectivity index (χ0v) is 13.3. The molecule has 1 unspecified atom stereocenters. The number of carbonyl (C=O) groups excluding carboxylic acids is 1. The quantitative estimate of drug-likeness (QED) is 0.710. The van der Waals surface area contributed by atoms with E-state index in [1.807, 2.05) is 4.90 Å². The van der Waals surface area contributed by atoms with Crippen LogP contribution in [-0.2, 0) is 4.79 Å². The van der Waals surface area contributed by atoms with E-state index in [4.69, 9.17) is 5.73 Å². The van der Waals surface area contributed by atoms with Gasteiger partial charge in [0.25, 0.3) is 0 Å². The molecule has 0 rings (SSSR count). The molecule has 3 N–H and O–H groups in total. The molecule has 0 spiro atoms. The van der Waals surface area contributed by atoms with E-state index in [1.165, 1.54) is 0 Å². The Balaban J connectivity index is 4.93. The lowest BCUT2D eigenvalue weighted by molar-refractivity contribution is -0.139. The average Bonchev–Trinajstić information content (AvgIpc) is 2.34. The number of aliphatic hydroxyl groups excluding tert-OH is 1. The topological polar surface area (TPSA) is 66.6 Å². The van der Waals surface area contributed by atoms with Crippen LogP contribution in [0.2, 0.25) is 0 Å². The number of hydrogen-bond acceptors (Lipinski definition) is 3. The van der Waals surface area contributed by atoms with Gasteiger partial charge in [-0.1, -0.05) is 34.6 Å². The standard InChI is InChI=1S/C15H32N2O2/c1-6-13(7-2)17(8-9-18)14(19)12(11-16)10-15(3,4)5/h12-13,18H,6-11,16H2,1-5H3. The number of nitrogens with zero attached hydrogens (tertiary/aromatic N) is 1. The predicted molar refractivity (Wildman–Crippen MR) is 79.8 cm³/mol. The second-order valence-corrected chi connectivity index (χ2v) is 6.42. The van der Waals surface area contributed by atoms with Crippen LogP contribution < -0.4 is 5.73 Å². The summed E-state index contributed by atoms with van der Waals surface area (Å²) in [7, 11) is 0. The molecular weight excluding hydrogens is 240 g/mol. The molecule has 0 aliphatic rings. The zero-order valence-electron chi connectivity index (χ0n) is 13.3. The minimum Gasteiger partial charge on any atom is -0.395 e. The first kappa shape index (κ1) is 18.4. The third-order valence-corrected chi connectivity index (χ3v) is 3.50. The van der Waals surface area contributed by atoms with Crippen molar-refractivity contribution in [3.63, 3.8) is 0 Å². The lowest BCUT2D eigenvalue weighted by atomic mass is 9.83. The molecule has 114 valence electrons. The van der Waals surface area contributed by atoms with Crippen molar-refractivity contribution in [2.75, 3.05) is 19.7 Å². The zero-order chi connectivity index (χ0) is 15.1. The summed E-state index contributed by atoms with van der Waals surface area (Å²) in [5.74, 6) is -0.0488. The highest BCUT2D eigenvalue weighted by Crippen LogP contribution is 2.26. The monoisotopic (exact) mass is 272 g/mol. The molecule has 4 nitrogen and oxygen atoms in total. The van der Waals surface area contributed by atoms with Crippen molar-refractivity contribution in [1.82, 2.24) is 4.90 Å². The average molecular weight is 272 g/mol. The fourth-order valence-corrected chi connectivity index (χ4v) is 2.56. The Morgan fingerprint density at radius 3 is 2.11 bits per heavy atom. The number of hydrogen-bond donors (Lipinski definition) is 2. The number of aliphatic hydroxyl groups is 1. The smallest absolute Gasteiger partial charge is 0.227 e. The molecule has 19 heavy (non-hydrogen) atoms. The van der Waals surface area contributed by atoms with E-state index in [9.17, 15) is 9.90 Å². The molecule has 0 radical (unpaired) electrons. The van der Waals surface area contributed by atoms with Crippen LogP contribution >= 0.6 is 0 Å². The van der Waals surface area contributed by atoms with Crippen molar-refractivity contribution in [3.8, 4) is 0 Å². The molecule has 0 aromatic carbocycles. The number of rotatable bonds is 8. The molecule has 0 aromatic heterocycles. The Kier molecular flexibility index (Phi) is 8.26. The van der Waals surface area contributed by atoms with Gasteiger partial charge in [-0.05, 0) is 24.7 Å². The molecule has 0 aliphatic carbocycles. The summed E-state index contributed by atoms with van der Waals surface area (Å²) in [4.78, 5) is 14.5. The fourth-order valence-electron chi connectivity index (χ4n) is 2.56. The second kappa shape index (κ2) is 8.54. The second-order valence-electron chi connectivity index (χ2n) is 6.42. The van der Waals surface area contributed by atoms with E-state index in [0.29, 0.717) is 13.1 Å². The Labute approximate surface area is 118 Å². The molecule has 0 saturated heterocycles. The number of amides is 1. The van der Waals surface area contributed by atoms with Crippen molar-refractivity contribution in [2.24, 2.45) is 17.1 Å². The maximum Gasteiger partial charge on any atom is 0.227 e. The van der Waals surface area contributed by atoms with Crippen LogP contribution in [0.3, 0.4) is 0 Å². The first-order chi connectivity index (χ1) is 8.80. The van der Waals surface area contributed by atoms with Gasteiger partial charge in [-0.25, -0.2) is 0 Å². The summed E-state index contributed by atoms with van der Waals surface area (Å²) in [6.45, 7) is 11.3. The summed E-state index contributed by atoms with van der Waals surface area (Å²) < 4.78 is 0. The highest BCUT2D eigenvalue weighted by atomic mass is 16.3. The first-order valence-corrected chi connectivity index (χ1v) is 7.42. The van der Waals surface area contributed by atoms with Gasteiger partial charge in [0.1, 0.15) is 0 Å². The summed E-state index contributed by atoms with van der Waals surface area (Å²) in [5, 5.41) is 9.19. The van der Waals surface area contributed by atoms with Gasteiger partial charge >= 0.3 is 0 Å². The molecule has 1 amide bonds. The van der Waals surface area contributed by atoms with E-state index in [1.54, 1.807) is 0 Å². The van der Waals surface area contributed by atoms with Crippen LogP contribution in [0, 0.1) is 11.3 Å². The van der Waals surface area contributed by atoms with Crippen LogP contribution in [-0.4, -0.2) is 41.7 Å². The molecule has 0 aromatic rings. The molecule has 1 atom stereocenters. The fraction of sp³-hybridized carbons (Fsp3) is 0.933. The molecule has 0 bridgehead atoms. The summed E-state index contributed by atoms with van der Waals surface area (Å²) in [6.07, 6.45) is 2.61. The highest BCUT2D eigenvalue weighted by molar-refractivity contribution is 5.79. The molecule has 0 heterocycles. The van der Waals surface area contributed by atoms with Gasteiger partial charge in [0.2, 0.25) is 5.91 Å². The molecule has 4 heteroatoms. The van der Waals surface area contributed by atoms with Crippen LogP contribution in [0.25, 0.3) is 0 Å². The minimum absolute atomic E-state index is 0.00898. The van der Waals surface area contributed by atoms with Gasteiger partial charge in [-0.2, -0.15) is 0 Å². The van der Waals surface area contributed by atoms with E-state index in [2.05, 4.69) is 34.6 Å². The van der Waals surface area contributed by atoms with E-state index in [0.717, 1.165) is 19.3 Å².